The van der Waals surface area contributed by atoms with Crippen molar-refractivity contribution in [3.05, 3.63) is 45.6 Å². The molecule has 0 unspecified atom stereocenters. The zero-order valence-electron chi connectivity index (χ0n) is 15.7. The summed E-state index contributed by atoms with van der Waals surface area (Å²) in [7, 11) is 3.22. The van der Waals surface area contributed by atoms with Crippen LogP contribution in [0, 0.1) is 0 Å². The first kappa shape index (κ1) is 21.4. The first-order valence-electron chi connectivity index (χ1n) is 8.68. The molecule has 1 aliphatic rings. The van der Waals surface area contributed by atoms with Crippen molar-refractivity contribution in [3.8, 4) is 0 Å². The van der Waals surface area contributed by atoms with Crippen LogP contribution in [-0.4, -0.2) is 61.0 Å². The third-order valence-corrected chi connectivity index (χ3v) is 4.85. The maximum atomic E-state index is 13.2. The number of aromatic nitrogens is 2. The Bertz CT molecular complexity index is 895. The van der Waals surface area contributed by atoms with Gasteiger partial charge in [0, 0.05) is 61.9 Å². The molecule has 0 spiro atoms. The lowest BCUT2D eigenvalue weighted by Gasteiger charge is -2.35. The molecule has 11 heteroatoms. The molecular weight excluding hydrogens is 430 g/mol. The Morgan fingerprint density at radius 2 is 1.59 bits per heavy atom. The SMILES string of the molecule is CN(C)c1cc(C(F)(F)F)nc(N2CCN(C(=O)c3cc(Cl)cc(Cl)c3)CC2)n1. The van der Waals surface area contributed by atoms with E-state index in [9.17, 15) is 18.0 Å². The fraction of sp³-hybridized carbons (Fsp3) is 0.389. The fourth-order valence-corrected chi connectivity index (χ4v) is 3.43. The normalized spacial score (nSPS) is 14.9. The lowest BCUT2D eigenvalue weighted by molar-refractivity contribution is -0.141. The van der Waals surface area contributed by atoms with Crippen molar-refractivity contribution >= 4 is 40.9 Å². The Morgan fingerprint density at radius 3 is 2.10 bits per heavy atom. The molecule has 2 heterocycles. The summed E-state index contributed by atoms with van der Waals surface area (Å²) in [6.07, 6.45) is -4.58. The molecule has 6 nitrogen and oxygen atoms in total. The fourth-order valence-electron chi connectivity index (χ4n) is 2.91. The van der Waals surface area contributed by atoms with Crippen LogP contribution in [0.4, 0.5) is 24.9 Å². The number of hydrogen-bond donors (Lipinski definition) is 0. The van der Waals surface area contributed by atoms with E-state index in [-0.39, 0.29) is 17.7 Å². The van der Waals surface area contributed by atoms with Crippen LogP contribution < -0.4 is 9.80 Å². The van der Waals surface area contributed by atoms with E-state index in [4.69, 9.17) is 23.2 Å². The molecule has 1 amide bonds. The smallest absolute Gasteiger partial charge is 0.363 e. The highest BCUT2D eigenvalue weighted by molar-refractivity contribution is 6.35. The number of rotatable bonds is 3. The van der Waals surface area contributed by atoms with Crippen LogP contribution >= 0.6 is 23.2 Å². The minimum Gasteiger partial charge on any atom is -0.363 e. The Kier molecular flexibility index (Phi) is 6.09. The van der Waals surface area contributed by atoms with Gasteiger partial charge in [-0.15, -0.1) is 0 Å². The summed E-state index contributed by atoms with van der Waals surface area (Å²) in [5, 5.41) is 0.709. The van der Waals surface area contributed by atoms with Crippen molar-refractivity contribution in [3.63, 3.8) is 0 Å². The second-order valence-corrected chi connectivity index (χ2v) is 7.61. The van der Waals surface area contributed by atoms with Gasteiger partial charge >= 0.3 is 6.18 Å². The van der Waals surface area contributed by atoms with Gasteiger partial charge in [-0.25, -0.2) is 4.98 Å². The molecule has 156 valence electrons. The second kappa shape index (κ2) is 8.23. The molecule has 0 aliphatic carbocycles. The van der Waals surface area contributed by atoms with Gasteiger partial charge in [0.15, 0.2) is 5.69 Å². The predicted molar refractivity (Wildman–Crippen MR) is 106 cm³/mol. The Labute approximate surface area is 175 Å². The van der Waals surface area contributed by atoms with E-state index in [1.807, 2.05) is 0 Å². The molecule has 1 fully saturated rings. The number of anilines is 2. The summed E-state index contributed by atoms with van der Waals surface area (Å²) in [6, 6.07) is 5.50. The summed E-state index contributed by atoms with van der Waals surface area (Å²) < 4.78 is 39.6. The highest BCUT2D eigenvalue weighted by Gasteiger charge is 2.35. The molecule has 1 aliphatic heterocycles. The van der Waals surface area contributed by atoms with E-state index < -0.39 is 11.9 Å². The van der Waals surface area contributed by atoms with Gasteiger partial charge in [-0.05, 0) is 18.2 Å². The van der Waals surface area contributed by atoms with Crippen molar-refractivity contribution < 1.29 is 18.0 Å². The second-order valence-electron chi connectivity index (χ2n) is 6.74. The van der Waals surface area contributed by atoms with Crippen molar-refractivity contribution in [1.82, 2.24) is 14.9 Å². The maximum Gasteiger partial charge on any atom is 0.433 e. The molecule has 0 radical (unpaired) electrons. The van der Waals surface area contributed by atoms with E-state index in [0.29, 0.717) is 41.8 Å². The molecule has 2 aromatic rings. The molecular formula is C18H18Cl2F3N5O. The third-order valence-electron chi connectivity index (χ3n) is 4.41. The summed E-state index contributed by atoms with van der Waals surface area (Å²) in [5.41, 5.74) is -0.639. The van der Waals surface area contributed by atoms with E-state index in [2.05, 4.69) is 9.97 Å². The Hall–Kier alpha value is -2.26. The molecule has 0 saturated carbocycles. The lowest BCUT2D eigenvalue weighted by atomic mass is 10.2. The van der Waals surface area contributed by atoms with Gasteiger partial charge in [0.1, 0.15) is 5.82 Å². The van der Waals surface area contributed by atoms with Crippen LogP contribution in [0.25, 0.3) is 0 Å². The number of piperazine rings is 1. The van der Waals surface area contributed by atoms with E-state index in [1.54, 1.807) is 23.9 Å². The highest BCUT2D eigenvalue weighted by Crippen LogP contribution is 2.31. The summed E-state index contributed by atoms with van der Waals surface area (Å²) >= 11 is 11.9. The van der Waals surface area contributed by atoms with E-state index in [0.717, 1.165) is 6.07 Å². The minimum atomic E-state index is -4.58. The van der Waals surface area contributed by atoms with Crippen molar-refractivity contribution in [1.29, 1.82) is 0 Å². The molecule has 3 rings (SSSR count). The standard InChI is InChI=1S/C18H18Cl2F3N5O/c1-26(2)15-10-14(18(21,22)23)24-17(25-15)28-5-3-27(4-6-28)16(29)11-7-12(19)9-13(20)8-11/h7-10H,3-6H2,1-2H3. The van der Waals surface area contributed by atoms with Crippen LogP contribution in [0.5, 0.6) is 0 Å². The highest BCUT2D eigenvalue weighted by atomic mass is 35.5. The third kappa shape index (κ3) is 5.02. The lowest BCUT2D eigenvalue weighted by Crippen LogP contribution is -2.49. The molecule has 29 heavy (non-hydrogen) atoms. The quantitative estimate of drug-likeness (QED) is 0.715. The van der Waals surface area contributed by atoms with Gasteiger partial charge in [0.2, 0.25) is 5.95 Å². The first-order chi connectivity index (χ1) is 13.5. The van der Waals surface area contributed by atoms with Crippen LogP contribution in [0.2, 0.25) is 10.0 Å². The zero-order valence-corrected chi connectivity index (χ0v) is 17.2. The largest absolute Gasteiger partial charge is 0.433 e. The van der Waals surface area contributed by atoms with E-state index in [1.165, 1.54) is 23.1 Å². The molecule has 1 saturated heterocycles. The Morgan fingerprint density at radius 1 is 1.00 bits per heavy atom. The number of amides is 1. The van der Waals surface area contributed by atoms with E-state index >= 15 is 0 Å². The molecule has 0 atom stereocenters. The van der Waals surface area contributed by atoms with Crippen LogP contribution in [0.1, 0.15) is 16.1 Å². The average Bonchev–Trinajstić information content (AvgIpc) is 2.65. The average molecular weight is 448 g/mol. The number of alkyl halides is 3. The first-order valence-corrected chi connectivity index (χ1v) is 9.44. The molecule has 1 aromatic carbocycles. The van der Waals surface area contributed by atoms with Crippen LogP contribution in [0.15, 0.2) is 24.3 Å². The van der Waals surface area contributed by atoms with Crippen molar-refractivity contribution in [2.45, 2.75) is 6.18 Å². The van der Waals surface area contributed by atoms with Gasteiger partial charge in [-0.2, -0.15) is 18.2 Å². The van der Waals surface area contributed by atoms with Crippen LogP contribution in [0.3, 0.4) is 0 Å². The summed E-state index contributed by atoms with van der Waals surface area (Å²) in [6.45, 7) is 1.21. The monoisotopic (exact) mass is 447 g/mol. The van der Waals surface area contributed by atoms with Crippen molar-refractivity contribution in [2.75, 3.05) is 50.1 Å². The van der Waals surface area contributed by atoms with Crippen LogP contribution in [-0.2, 0) is 6.18 Å². The maximum absolute atomic E-state index is 13.2. The molecule has 0 N–H and O–H groups in total. The number of nitrogens with zero attached hydrogens (tertiary/aromatic N) is 5. The number of carbonyl (C=O) groups excluding carboxylic acids is 1. The number of hydrogen-bond acceptors (Lipinski definition) is 5. The number of carbonyl (C=O) groups is 1. The zero-order chi connectivity index (χ0) is 21.3. The van der Waals surface area contributed by atoms with Gasteiger partial charge in [0.05, 0.1) is 0 Å². The van der Waals surface area contributed by atoms with Gasteiger partial charge in [0.25, 0.3) is 5.91 Å². The van der Waals surface area contributed by atoms with Gasteiger partial charge in [-0.3, -0.25) is 4.79 Å². The Balaban J connectivity index is 1.76. The topological polar surface area (TPSA) is 52.6 Å². The summed E-state index contributed by atoms with van der Waals surface area (Å²) in [4.78, 5) is 25.3. The molecule has 1 aromatic heterocycles. The predicted octanol–water partition coefficient (Wildman–Crippen LogP) is 3.83. The molecule has 0 bridgehead atoms. The van der Waals surface area contributed by atoms with Gasteiger partial charge < -0.3 is 14.7 Å². The number of halogens is 5. The minimum absolute atomic E-state index is 0.0126. The number of benzene rings is 1. The summed E-state index contributed by atoms with van der Waals surface area (Å²) in [5.74, 6) is -0.0937. The van der Waals surface area contributed by atoms with Crippen molar-refractivity contribution in [2.24, 2.45) is 0 Å². The van der Waals surface area contributed by atoms with Gasteiger partial charge in [-0.1, -0.05) is 23.2 Å².